The molecular formula is C47H43N. The Labute approximate surface area is 285 Å². The van der Waals surface area contributed by atoms with Crippen LogP contribution in [0.2, 0.25) is 0 Å². The van der Waals surface area contributed by atoms with Gasteiger partial charge in [-0.25, -0.2) is 0 Å². The Morgan fingerprint density at radius 1 is 0.396 bits per heavy atom. The molecule has 0 saturated carbocycles. The SMILES string of the molecule is CCC1(CC)c2ccccc2-c2cc(N(c3ccc4c(c3)-c3ccccc3C4)c3ccc4c(c3)-c3ccccc3C4(CC)CC)ccc21. The van der Waals surface area contributed by atoms with E-state index in [4.69, 9.17) is 0 Å². The van der Waals surface area contributed by atoms with E-state index in [2.05, 4.69) is 160 Å². The van der Waals surface area contributed by atoms with Gasteiger partial charge in [0.15, 0.2) is 0 Å². The van der Waals surface area contributed by atoms with Crippen LogP contribution in [-0.4, -0.2) is 0 Å². The molecule has 6 aromatic rings. The Balaban J connectivity index is 1.27. The van der Waals surface area contributed by atoms with Crippen molar-refractivity contribution in [2.75, 3.05) is 4.90 Å². The van der Waals surface area contributed by atoms with E-state index in [1.165, 1.54) is 83.8 Å². The molecule has 3 aliphatic carbocycles. The highest BCUT2D eigenvalue weighted by Crippen LogP contribution is 2.56. The van der Waals surface area contributed by atoms with Gasteiger partial charge in [0.2, 0.25) is 0 Å². The molecule has 0 radical (unpaired) electrons. The molecule has 0 N–H and O–H groups in total. The van der Waals surface area contributed by atoms with Crippen LogP contribution in [0.15, 0.2) is 127 Å². The van der Waals surface area contributed by atoms with Gasteiger partial charge < -0.3 is 4.90 Å². The molecule has 3 aliphatic rings. The number of fused-ring (bicyclic) bond motifs is 9. The summed E-state index contributed by atoms with van der Waals surface area (Å²) in [5.74, 6) is 0. The van der Waals surface area contributed by atoms with E-state index in [1.807, 2.05) is 0 Å². The van der Waals surface area contributed by atoms with Crippen molar-refractivity contribution in [3.8, 4) is 33.4 Å². The van der Waals surface area contributed by atoms with Crippen LogP contribution in [0.4, 0.5) is 17.1 Å². The predicted molar refractivity (Wildman–Crippen MR) is 203 cm³/mol. The van der Waals surface area contributed by atoms with Gasteiger partial charge in [-0.1, -0.05) is 119 Å². The van der Waals surface area contributed by atoms with Crippen LogP contribution in [-0.2, 0) is 17.3 Å². The Kier molecular flexibility index (Phi) is 6.60. The topological polar surface area (TPSA) is 3.24 Å². The van der Waals surface area contributed by atoms with Crippen LogP contribution >= 0.6 is 0 Å². The molecule has 0 aliphatic heterocycles. The first-order valence-electron chi connectivity index (χ1n) is 18.1. The van der Waals surface area contributed by atoms with E-state index in [1.54, 1.807) is 0 Å². The van der Waals surface area contributed by atoms with Crippen molar-refractivity contribution < 1.29 is 0 Å². The van der Waals surface area contributed by atoms with Crippen molar-refractivity contribution >= 4 is 17.1 Å². The maximum atomic E-state index is 2.52. The van der Waals surface area contributed by atoms with Crippen molar-refractivity contribution in [1.29, 1.82) is 0 Å². The Morgan fingerprint density at radius 3 is 1.31 bits per heavy atom. The van der Waals surface area contributed by atoms with Gasteiger partial charge in [0.05, 0.1) is 0 Å². The second kappa shape index (κ2) is 10.8. The summed E-state index contributed by atoms with van der Waals surface area (Å²) in [6.45, 7) is 9.42. The van der Waals surface area contributed by atoms with Gasteiger partial charge >= 0.3 is 0 Å². The fraction of sp³-hybridized carbons (Fsp3) is 0.234. The lowest BCUT2D eigenvalue weighted by molar-refractivity contribution is 0.490. The molecule has 6 aromatic carbocycles. The maximum absolute atomic E-state index is 2.52. The maximum Gasteiger partial charge on any atom is 0.0468 e. The zero-order chi connectivity index (χ0) is 32.6. The number of rotatable bonds is 7. The lowest BCUT2D eigenvalue weighted by Gasteiger charge is -2.31. The van der Waals surface area contributed by atoms with Crippen molar-refractivity contribution in [2.24, 2.45) is 0 Å². The highest BCUT2D eigenvalue weighted by atomic mass is 15.1. The third-order valence-corrected chi connectivity index (χ3v) is 12.5. The fourth-order valence-corrected chi connectivity index (χ4v) is 9.91. The average molecular weight is 622 g/mol. The third kappa shape index (κ3) is 3.85. The number of hydrogen-bond donors (Lipinski definition) is 0. The molecule has 1 nitrogen and oxygen atoms in total. The summed E-state index contributed by atoms with van der Waals surface area (Å²) in [6, 6.07) is 48.9. The smallest absolute Gasteiger partial charge is 0.0468 e. The molecule has 0 unspecified atom stereocenters. The van der Waals surface area contributed by atoms with E-state index in [0.717, 1.165) is 32.1 Å². The number of hydrogen-bond acceptors (Lipinski definition) is 1. The molecular weight excluding hydrogens is 579 g/mol. The van der Waals surface area contributed by atoms with Crippen molar-refractivity contribution in [1.82, 2.24) is 0 Å². The van der Waals surface area contributed by atoms with E-state index in [0.29, 0.717) is 0 Å². The minimum absolute atomic E-state index is 0.0630. The van der Waals surface area contributed by atoms with E-state index < -0.39 is 0 Å². The van der Waals surface area contributed by atoms with Crippen molar-refractivity contribution in [3.05, 3.63) is 161 Å². The Morgan fingerprint density at radius 2 is 0.792 bits per heavy atom. The van der Waals surface area contributed by atoms with Crippen molar-refractivity contribution in [3.63, 3.8) is 0 Å². The van der Waals surface area contributed by atoms with Gasteiger partial charge in [-0.2, -0.15) is 0 Å². The minimum Gasteiger partial charge on any atom is -0.310 e. The minimum atomic E-state index is 0.0630. The first-order chi connectivity index (χ1) is 23.6. The largest absolute Gasteiger partial charge is 0.310 e. The monoisotopic (exact) mass is 621 g/mol. The summed E-state index contributed by atoms with van der Waals surface area (Å²) in [4.78, 5) is 2.52. The van der Waals surface area contributed by atoms with Crippen LogP contribution in [0.5, 0.6) is 0 Å². The highest BCUT2D eigenvalue weighted by Gasteiger charge is 2.42. The summed E-state index contributed by atoms with van der Waals surface area (Å²) >= 11 is 0. The molecule has 0 fully saturated rings. The first kappa shape index (κ1) is 29.3. The van der Waals surface area contributed by atoms with E-state index in [-0.39, 0.29) is 10.8 Å². The Hall–Kier alpha value is -4.88. The molecule has 0 atom stereocenters. The van der Waals surface area contributed by atoms with Gasteiger partial charge in [0.1, 0.15) is 0 Å². The summed E-state index contributed by atoms with van der Waals surface area (Å²) < 4.78 is 0. The molecule has 9 rings (SSSR count). The lowest BCUT2D eigenvalue weighted by Crippen LogP contribution is -2.23. The number of anilines is 3. The van der Waals surface area contributed by atoms with Crippen LogP contribution in [0.25, 0.3) is 33.4 Å². The summed E-state index contributed by atoms with van der Waals surface area (Å²) in [6.07, 6.45) is 5.40. The van der Waals surface area contributed by atoms with Crippen LogP contribution < -0.4 is 4.90 Å². The average Bonchev–Trinajstić information content (AvgIpc) is 3.76. The zero-order valence-electron chi connectivity index (χ0n) is 28.6. The Bertz CT molecular complexity index is 2120. The number of nitrogens with zero attached hydrogens (tertiary/aromatic N) is 1. The van der Waals surface area contributed by atoms with Gasteiger partial charge in [0.25, 0.3) is 0 Å². The zero-order valence-corrected chi connectivity index (χ0v) is 28.6. The molecule has 0 amide bonds. The number of benzene rings is 6. The molecule has 1 heteroatoms. The highest BCUT2D eigenvalue weighted by molar-refractivity contribution is 5.91. The molecule has 0 aromatic heterocycles. The van der Waals surface area contributed by atoms with Crippen LogP contribution in [0.3, 0.4) is 0 Å². The molecule has 48 heavy (non-hydrogen) atoms. The van der Waals surface area contributed by atoms with E-state index in [9.17, 15) is 0 Å². The molecule has 0 saturated heterocycles. The van der Waals surface area contributed by atoms with Gasteiger partial charge in [-0.3, -0.25) is 0 Å². The van der Waals surface area contributed by atoms with Gasteiger partial charge in [-0.15, -0.1) is 0 Å². The van der Waals surface area contributed by atoms with Crippen LogP contribution in [0, 0.1) is 0 Å². The van der Waals surface area contributed by atoms with Gasteiger partial charge in [-0.05, 0) is 135 Å². The standard InChI is InChI=1S/C47H43N/c1-5-46(6-2)42-19-13-11-17-37(42)40-29-34(23-25-44(40)46)48(33-22-21-32-27-31-15-9-10-16-36(31)39(32)28-33)35-24-26-45-41(30-35)38-18-12-14-20-43(38)47(45,7-3)8-4/h9-26,28-30H,5-8,27H2,1-4H3. The molecule has 0 spiro atoms. The van der Waals surface area contributed by atoms with Gasteiger partial charge in [0, 0.05) is 27.9 Å². The molecule has 0 heterocycles. The second-order valence-electron chi connectivity index (χ2n) is 14.1. The normalized spacial score (nSPS) is 15.2. The van der Waals surface area contributed by atoms with Crippen molar-refractivity contribution in [2.45, 2.75) is 70.6 Å². The fourth-order valence-electron chi connectivity index (χ4n) is 9.91. The molecule has 0 bridgehead atoms. The quantitative estimate of drug-likeness (QED) is 0.171. The van der Waals surface area contributed by atoms with Crippen LogP contribution in [0.1, 0.15) is 86.8 Å². The predicted octanol–water partition coefficient (Wildman–Crippen LogP) is 12.9. The lowest BCUT2D eigenvalue weighted by atomic mass is 9.74. The summed E-state index contributed by atoms with van der Waals surface area (Å²) in [5.41, 5.74) is 20.8. The third-order valence-electron chi connectivity index (χ3n) is 12.5. The first-order valence-corrected chi connectivity index (χ1v) is 18.1. The molecule has 236 valence electrons. The summed E-state index contributed by atoms with van der Waals surface area (Å²) in [7, 11) is 0. The second-order valence-corrected chi connectivity index (χ2v) is 14.1. The van der Waals surface area contributed by atoms with E-state index >= 15 is 0 Å². The summed E-state index contributed by atoms with van der Waals surface area (Å²) in [5, 5.41) is 0.